The molecule has 2 aromatic carbocycles. The monoisotopic (exact) mass is 427 g/mol. The number of pyridine rings is 1. The van der Waals surface area contributed by atoms with Gasteiger partial charge in [-0.05, 0) is 60.2 Å². The van der Waals surface area contributed by atoms with E-state index >= 15 is 0 Å². The summed E-state index contributed by atoms with van der Waals surface area (Å²) in [6.07, 6.45) is 0.891. The summed E-state index contributed by atoms with van der Waals surface area (Å²) in [6, 6.07) is 18.8. The van der Waals surface area contributed by atoms with E-state index in [1.165, 1.54) is 10.4 Å². The molecule has 5 nitrogen and oxygen atoms in total. The molecule has 0 radical (unpaired) electrons. The van der Waals surface area contributed by atoms with Gasteiger partial charge >= 0.3 is 0 Å². The number of hydrogen-bond donors (Lipinski definition) is 1. The van der Waals surface area contributed by atoms with Crippen LogP contribution in [0.1, 0.15) is 36.9 Å². The van der Waals surface area contributed by atoms with Crippen LogP contribution in [0.4, 0.5) is 5.69 Å². The van der Waals surface area contributed by atoms with E-state index in [0.717, 1.165) is 22.9 Å². The molecule has 0 bridgehead atoms. The number of aromatic nitrogens is 1. The minimum atomic E-state index is -0.292. The minimum absolute atomic E-state index is 0.00530. The maximum Gasteiger partial charge on any atom is 0.274 e. The summed E-state index contributed by atoms with van der Waals surface area (Å²) in [6.45, 7) is 3.22. The van der Waals surface area contributed by atoms with Gasteiger partial charge in [0.05, 0.1) is 5.52 Å². The highest BCUT2D eigenvalue weighted by Gasteiger charge is 2.24. The van der Waals surface area contributed by atoms with Gasteiger partial charge in [0.1, 0.15) is 5.69 Å². The molecule has 154 valence electrons. The number of amides is 2. The van der Waals surface area contributed by atoms with Crippen molar-refractivity contribution in [2.45, 2.75) is 19.9 Å². The lowest BCUT2D eigenvalue weighted by molar-refractivity contribution is 0.0735. The molecular formula is C25H21N3O2S. The Kier molecular flexibility index (Phi) is 5.00. The molecule has 2 amide bonds. The molecule has 6 heteroatoms. The maximum absolute atomic E-state index is 13.2. The molecule has 4 aromatic rings. The fourth-order valence-electron chi connectivity index (χ4n) is 3.97. The number of rotatable bonds is 3. The van der Waals surface area contributed by atoms with Crippen LogP contribution in [0.25, 0.3) is 10.9 Å². The highest BCUT2D eigenvalue weighted by Crippen LogP contribution is 2.27. The molecular weight excluding hydrogens is 406 g/mol. The molecule has 1 N–H and O–H groups in total. The second kappa shape index (κ2) is 7.96. The SMILES string of the molecule is Cc1c(NC(=O)c2ccc3ccccc3n2)cccc1C(=O)N1CCc2sccc2C1. The van der Waals surface area contributed by atoms with Gasteiger partial charge in [0.2, 0.25) is 0 Å². The quantitative estimate of drug-likeness (QED) is 0.497. The Morgan fingerprint density at radius 3 is 2.81 bits per heavy atom. The Labute approximate surface area is 184 Å². The fraction of sp³-hybridized carbons (Fsp3) is 0.160. The van der Waals surface area contributed by atoms with Crippen molar-refractivity contribution in [1.29, 1.82) is 0 Å². The first kappa shape index (κ1) is 19.5. The van der Waals surface area contributed by atoms with Crippen LogP contribution in [0.15, 0.2) is 66.0 Å². The molecule has 1 aliphatic heterocycles. The van der Waals surface area contributed by atoms with E-state index in [4.69, 9.17) is 0 Å². The number of nitrogens with zero attached hydrogens (tertiary/aromatic N) is 2. The van der Waals surface area contributed by atoms with Gasteiger partial charge in [-0.25, -0.2) is 4.98 Å². The highest BCUT2D eigenvalue weighted by molar-refractivity contribution is 7.10. The summed E-state index contributed by atoms with van der Waals surface area (Å²) in [5.74, 6) is -0.298. The largest absolute Gasteiger partial charge is 0.334 e. The Morgan fingerprint density at radius 1 is 1.03 bits per heavy atom. The van der Waals surface area contributed by atoms with E-state index in [1.807, 2.05) is 60.4 Å². The molecule has 31 heavy (non-hydrogen) atoms. The molecule has 0 saturated heterocycles. The number of nitrogens with one attached hydrogen (secondary N) is 1. The van der Waals surface area contributed by atoms with Crippen LogP contribution in [-0.2, 0) is 13.0 Å². The van der Waals surface area contributed by atoms with Crippen molar-refractivity contribution in [3.05, 3.63) is 93.3 Å². The molecule has 1 aliphatic rings. The zero-order chi connectivity index (χ0) is 21.4. The van der Waals surface area contributed by atoms with Gasteiger partial charge in [-0.15, -0.1) is 11.3 Å². The number of benzene rings is 2. The summed E-state index contributed by atoms with van der Waals surface area (Å²) < 4.78 is 0. The van der Waals surface area contributed by atoms with E-state index in [0.29, 0.717) is 30.0 Å². The number of carbonyl (C=O) groups is 2. The molecule has 3 heterocycles. The van der Waals surface area contributed by atoms with Gasteiger partial charge in [0.25, 0.3) is 11.8 Å². The Morgan fingerprint density at radius 2 is 1.90 bits per heavy atom. The van der Waals surface area contributed by atoms with E-state index in [-0.39, 0.29) is 11.8 Å². The third-order valence-corrected chi connectivity index (χ3v) is 6.76. The van der Waals surface area contributed by atoms with Gasteiger partial charge in [-0.1, -0.05) is 30.3 Å². The fourth-order valence-corrected chi connectivity index (χ4v) is 4.86. The molecule has 5 rings (SSSR count). The van der Waals surface area contributed by atoms with E-state index < -0.39 is 0 Å². The topological polar surface area (TPSA) is 62.3 Å². The Balaban J connectivity index is 1.37. The summed E-state index contributed by atoms with van der Waals surface area (Å²) in [5.41, 5.74) is 4.35. The lowest BCUT2D eigenvalue weighted by atomic mass is 10.0. The van der Waals surface area contributed by atoms with Crippen LogP contribution >= 0.6 is 11.3 Å². The average Bonchev–Trinajstić information content (AvgIpc) is 3.27. The van der Waals surface area contributed by atoms with Crippen LogP contribution < -0.4 is 5.32 Å². The standard InChI is InChI=1S/C25H21N3O2S/c1-16-19(25(30)28-13-11-23-18(15-28)12-14-31-23)6-4-8-20(16)27-24(29)22-10-9-17-5-2-3-7-21(17)26-22/h2-10,12,14H,11,13,15H2,1H3,(H,27,29). The maximum atomic E-state index is 13.2. The molecule has 0 saturated carbocycles. The number of anilines is 1. The second-order valence-corrected chi connectivity index (χ2v) is 8.67. The lowest BCUT2D eigenvalue weighted by Gasteiger charge is -2.28. The molecule has 0 aliphatic carbocycles. The van der Waals surface area contributed by atoms with Crippen molar-refractivity contribution in [2.24, 2.45) is 0 Å². The predicted molar refractivity (Wildman–Crippen MR) is 124 cm³/mol. The Bertz CT molecular complexity index is 1310. The smallest absolute Gasteiger partial charge is 0.274 e. The number of carbonyl (C=O) groups excluding carboxylic acids is 2. The lowest BCUT2D eigenvalue weighted by Crippen LogP contribution is -2.35. The van der Waals surface area contributed by atoms with Gasteiger partial charge in [-0.3, -0.25) is 9.59 Å². The third kappa shape index (κ3) is 3.70. The Hall–Kier alpha value is -3.51. The first-order chi connectivity index (χ1) is 15.1. The van der Waals surface area contributed by atoms with E-state index in [2.05, 4.69) is 21.7 Å². The predicted octanol–water partition coefficient (Wildman–Crippen LogP) is 5.06. The van der Waals surface area contributed by atoms with Crippen molar-refractivity contribution < 1.29 is 9.59 Å². The van der Waals surface area contributed by atoms with E-state index in [1.54, 1.807) is 17.4 Å². The first-order valence-corrected chi connectivity index (χ1v) is 11.1. The van der Waals surface area contributed by atoms with Crippen LogP contribution in [0, 0.1) is 6.92 Å². The van der Waals surface area contributed by atoms with Crippen LogP contribution in [0.5, 0.6) is 0 Å². The van der Waals surface area contributed by atoms with Crippen LogP contribution in [0.2, 0.25) is 0 Å². The molecule has 0 atom stereocenters. The molecule has 0 fully saturated rings. The summed E-state index contributed by atoms with van der Waals surface area (Å²) in [5, 5.41) is 6.00. The zero-order valence-corrected chi connectivity index (χ0v) is 17.9. The molecule has 0 spiro atoms. The number of hydrogen-bond acceptors (Lipinski definition) is 4. The first-order valence-electron chi connectivity index (χ1n) is 10.2. The molecule has 2 aromatic heterocycles. The van der Waals surface area contributed by atoms with Crippen molar-refractivity contribution in [3.8, 4) is 0 Å². The number of para-hydroxylation sites is 1. The van der Waals surface area contributed by atoms with Gasteiger partial charge in [0, 0.05) is 34.6 Å². The van der Waals surface area contributed by atoms with Gasteiger partial charge in [0.15, 0.2) is 0 Å². The summed E-state index contributed by atoms with van der Waals surface area (Å²) in [4.78, 5) is 33.8. The third-order valence-electron chi connectivity index (χ3n) is 5.74. The highest BCUT2D eigenvalue weighted by atomic mass is 32.1. The van der Waals surface area contributed by atoms with Crippen LogP contribution in [-0.4, -0.2) is 28.2 Å². The van der Waals surface area contributed by atoms with Crippen LogP contribution in [0.3, 0.4) is 0 Å². The van der Waals surface area contributed by atoms with Gasteiger partial charge in [-0.2, -0.15) is 0 Å². The molecule has 0 unspecified atom stereocenters. The van der Waals surface area contributed by atoms with Gasteiger partial charge < -0.3 is 10.2 Å². The zero-order valence-electron chi connectivity index (χ0n) is 17.1. The number of fused-ring (bicyclic) bond motifs is 2. The number of thiophene rings is 1. The minimum Gasteiger partial charge on any atom is -0.334 e. The van der Waals surface area contributed by atoms with E-state index in [9.17, 15) is 9.59 Å². The second-order valence-electron chi connectivity index (χ2n) is 7.67. The van der Waals surface area contributed by atoms with Crippen molar-refractivity contribution >= 4 is 39.7 Å². The summed E-state index contributed by atoms with van der Waals surface area (Å²) in [7, 11) is 0. The van der Waals surface area contributed by atoms with Crippen molar-refractivity contribution in [3.63, 3.8) is 0 Å². The average molecular weight is 428 g/mol. The normalized spacial score (nSPS) is 13.1. The summed E-state index contributed by atoms with van der Waals surface area (Å²) >= 11 is 1.75. The van der Waals surface area contributed by atoms with Crippen molar-refractivity contribution in [1.82, 2.24) is 9.88 Å². The van der Waals surface area contributed by atoms with Crippen molar-refractivity contribution in [2.75, 3.05) is 11.9 Å².